The second-order valence-corrected chi connectivity index (χ2v) is 2.79. The van der Waals surface area contributed by atoms with Gasteiger partial charge in [0.1, 0.15) is 19.6 Å². The number of amidine groups is 1. The van der Waals surface area contributed by atoms with Crippen molar-refractivity contribution >= 4 is 11.8 Å². The average Bonchev–Trinajstić information content (AvgIpc) is 2.32. The van der Waals surface area contributed by atoms with E-state index in [1.807, 2.05) is 0 Å². The summed E-state index contributed by atoms with van der Waals surface area (Å²) < 4.78 is 1.74. The van der Waals surface area contributed by atoms with E-state index in [-0.39, 0.29) is 0 Å². The molecule has 12 heavy (non-hydrogen) atoms. The molecule has 1 N–H and O–H groups in total. The van der Waals surface area contributed by atoms with Gasteiger partial charge in [0, 0.05) is 0 Å². The second kappa shape index (κ2) is 3.38. The minimum absolute atomic E-state index is 0.370. The molecule has 0 aromatic heterocycles. The summed E-state index contributed by atoms with van der Waals surface area (Å²) >= 11 is 0. The molecule has 0 radical (unpaired) electrons. The molecule has 66 valence electrons. The van der Waals surface area contributed by atoms with Crippen molar-refractivity contribution in [1.29, 1.82) is 0 Å². The fourth-order valence-electron chi connectivity index (χ4n) is 1.36. The fourth-order valence-corrected chi connectivity index (χ4v) is 1.36. The highest BCUT2D eigenvalue weighted by Gasteiger charge is 2.33. The van der Waals surface area contributed by atoms with Gasteiger partial charge in [-0.1, -0.05) is 12.7 Å². The smallest absolute Gasteiger partial charge is 0.418 e. The average molecular weight is 169 g/mol. The number of likely N-dealkylation sites (N-methyl/N-ethyl adjacent to an activating group) is 1. The molecule has 0 saturated heterocycles. The van der Waals surface area contributed by atoms with Crippen LogP contribution in [0.3, 0.4) is 0 Å². The molecule has 1 aliphatic rings. The Kier molecular flexibility index (Phi) is 2.47. The summed E-state index contributed by atoms with van der Waals surface area (Å²) in [5.41, 5.74) is 0. The van der Waals surface area contributed by atoms with Gasteiger partial charge < -0.3 is 5.11 Å². The van der Waals surface area contributed by atoms with Crippen LogP contribution in [0.1, 0.15) is 0 Å². The summed E-state index contributed by atoms with van der Waals surface area (Å²) in [6, 6.07) is 0. The van der Waals surface area contributed by atoms with E-state index in [1.54, 1.807) is 22.6 Å². The van der Waals surface area contributed by atoms with E-state index >= 15 is 0 Å². The van der Waals surface area contributed by atoms with Crippen LogP contribution < -0.4 is 0 Å². The maximum absolute atomic E-state index is 10.7. The summed E-state index contributed by atoms with van der Waals surface area (Å²) in [4.78, 5) is 12.5. The molecule has 4 nitrogen and oxygen atoms in total. The Morgan fingerprint density at radius 2 is 2.58 bits per heavy atom. The summed E-state index contributed by atoms with van der Waals surface area (Å²) in [7, 11) is 1.78. The van der Waals surface area contributed by atoms with Gasteiger partial charge >= 0.3 is 11.8 Å². The topological polar surface area (TPSA) is 43.5 Å². The van der Waals surface area contributed by atoms with Crippen LogP contribution >= 0.6 is 0 Å². The molecule has 0 aliphatic carbocycles. The van der Waals surface area contributed by atoms with E-state index in [1.165, 1.54) is 0 Å². The van der Waals surface area contributed by atoms with Crippen LogP contribution in [0.2, 0.25) is 0 Å². The van der Waals surface area contributed by atoms with Gasteiger partial charge in [0.2, 0.25) is 0 Å². The largest absolute Gasteiger partial charge is 0.472 e. The highest BCUT2D eigenvalue weighted by molar-refractivity contribution is 6.32. The Labute approximate surface area is 71.4 Å². The molecular weight excluding hydrogens is 156 g/mol. The van der Waals surface area contributed by atoms with Gasteiger partial charge in [-0.15, -0.1) is 0 Å². The maximum Gasteiger partial charge on any atom is 0.418 e. The van der Waals surface area contributed by atoms with E-state index in [9.17, 15) is 4.79 Å². The molecule has 1 rings (SSSR count). The molecule has 0 bridgehead atoms. The number of aliphatic carboxylic acids is 1. The molecule has 0 atom stereocenters. The Bertz CT molecular complexity index is 245. The second-order valence-electron chi connectivity index (χ2n) is 2.79. The standard InChI is InChI=1S/C8H12N2O2/c1-3-4-10-6-5-9(2)7(10)8(11)12/h3H,1,4-6H2,2H3/p+1. The summed E-state index contributed by atoms with van der Waals surface area (Å²) in [6.07, 6.45) is 1.71. The number of hydrogen-bond donors (Lipinski definition) is 1. The van der Waals surface area contributed by atoms with Gasteiger partial charge in [-0.05, 0) is 0 Å². The summed E-state index contributed by atoms with van der Waals surface area (Å²) in [6.45, 7) is 5.72. The molecule has 4 heteroatoms. The minimum atomic E-state index is -0.864. The molecule has 1 heterocycles. The predicted octanol–water partition coefficient (Wildman–Crippen LogP) is -0.387. The normalized spacial score (nSPS) is 16.9. The Morgan fingerprint density at radius 3 is 3.08 bits per heavy atom. The highest BCUT2D eigenvalue weighted by Crippen LogP contribution is 2.00. The van der Waals surface area contributed by atoms with Crippen LogP contribution in [0.25, 0.3) is 0 Å². The monoisotopic (exact) mass is 169 g/mol. The van der Waals surface area contributed by atoms with E-state index in [0.29, 0.717) is 12.4 Å². The van der Waals surface area contributed by atoms with Gasteiger partial charge in [0.25, 0.3) is 0 Å². The van der Waals surface area contributed by atoms with Crippen LogP contribution in [-0.4, -0.2) is 53.1 Å². The molecule has 0 spiro atoms. The van der Waals surface area contributed by atoms with Crippen molar-refractivity contribution in [3.05, 3.63) is 12.7 Å². The zero-order chi connectivity index (χ0) is 9.14. The lowest BCUT2D eigenvalue weighted by atomic mass is 10.4. The third kappa shape index (κ3) is 1.47. The van der Waals surface area contributed by atoms with Gasteiger partial charge in [0.05, 0.1) is 7.05 Å². The molecule has 0 fully saturated rings. The Balaban J connectivity index is 2.81. The first-order valence-electron chi connectivity index (χ1n) is 3.84. The molecule has 0 saturated carbocycles. The van der Waals surface area contributed by atoms with Crippen molar-refractivity contribution in [2.45, 2.75) is 0 Å². The van der Waals surface area contributed by atoms with E-state index in [4.69, 9.17) is 5.11 Å². The first-order chi connectivity index (χ1) is 5.66. The fraction of sp³-hybridized carbons (Fsp3) is 0.500. The third-order valence-electron chi connectivity index (χ3n) is 1.91. The molecular formula is C8H13N2O2+. The number of carboxylic acids is 1. The quantitative estimate of drug-likeness (QED) is 0.462. The van der Waals surface area contributed by atoms with Crippen LogP contribution in [0.4, 0.5) is 0 Å². The predicted molar refractivity (Wildman–Crippen MR) is 45.5 cm³/mol. The van der Waals surface area contributed by atoms with Gasteiger partial charge in [-0.2, -0.15) is 0 Å². The van der Waals surface area contributed by atoms with Gasteiger partial charge in [-0.3, -0.25) is 4.58 Å². The SMILES string of the molecule is C=CCN1CC[N+](C)=C1C(=O)O. The number of carbonyl (C=O) groups is 1. The lowest BCUT2D eigenvalue weighted by Gasteiger charge is -2.06. The van der Waals surface area contributed by atoms with Gasteiger partial charge in [-0.25, -0.2) is 9.69 Å². The number of nitrogens with zero attached hydrogens (tertiary/aromatic N) is 2. The van der Waals surface area contributed by atoms with E-state index in [0.717, 1.165) is 13.1 Å². The first kappa shape index (κ1) is 8.77. The number of hydrogen-bond acceptors (Lipinski definition) is 2. The molecule has 0 aromatic rings. The number of carboxylic acid groups (broad SMARTS) is 1. The zero-order valence-electron chi connectivity index (χ0n) is 7.16. The van der Waals surface area contributed by atoms with Crippen LogP contribution in [-0.2, 0) is 4.79 Å². The minimum Gasteiger partial charge on any atom is -0.472 e. The van der Waals surface area contributed by atoms with E-state index < -0.39 is 5.97 Å². The summed E-state index contributed by atoms with van der Waals surface area (Å²) in [5, 5.41) is 8.83. The van der Waals surface area contributed by atoms with Crippen LogP contribution in [0, 0.1) is 0 Å². The Hall–Kier alpha value is -1.32. The van der Waals surface area contributed by atoms with Crippen molar-refractivity contribution in [1.82, 2.24) is 4.90 Å². The maximum atomic E-state index is 10.7. The Morgan fingerprint density at radius 1 is 1.92 bits per heavy atom. The van der Waals surface area contributed by atoms with Crippen molar-refractivity contribution in [2.24, 2.45) is 0 Å². The molecule has 1 aliphatic heterocycles. The lowest BCUT2D eigenvalue weighted by Crippen LogP contribution is -2.35. The molecule has 0 unspecified atom stereocenters. The third-order valence-corrected chi connectivity index (χ3v) is 1.91. The molecule has 0 aromatic carbocycles. The first-order valence-corrected chi connectivity index (χ1v) is 3.84. The van der Waals surface area contributed by atoms with Crippen molar-refractivity contribution < 1.29 is 14.5 Å². The summed E-state index contributed by atoms with van der Waals surface area (Å²) in [5.74, 6) is -0.494. The highest BCUT2D eigenvalue weighted by atomic mass is 16.4. The lowest BCUT2D eigenvalue weighted by molar-refractivity contribution is -0.486. The van der Waals surface area contributed by atoms with Crippen molar-refractivity contribution in [3.63, 3.8) is 0 Å². The van der Waals surface area contributed by atoms with Gasteiger partial charge in [0.15, 0.2) is 0 Å². The van der Waals surface area contributed by atoms with E-state index in [2.05, 4.69) is 6.58 Å². The van der Waals surface area contributed by atoms with Crippen molar-refractivity contribution in [3.8, 4) is 0 Å². The van der Waals surface area contributed by atoms with Crippen molar-refractivity contribution in [2.75, 3.05) is 26.7 Å². The number of rotatable bonds is 3. The zero-order valence-corrected chi connectivity index (χ0v) is 7.16. The van der Waals surface area contributed by atoms with Crippen LogP contribution in [0.15, 0.2) is 12.7 Å². The molecule has 0 amide bonds. The van der Waals surface area contributed by atoms with Crippen LogP contribution in [0.5, 0.6) is 0 Å².